The van der Waals surface area contributed by atoms with Crippen molar-refractivity contribution in [2.45, 2.75) is 11.4 Å². The fourth-order valence-electron chi connectivity index (χ4n) is 1.56. The van der Waals surface area contributed by atoms with Crippen LogP contribution in [0.15, 0.2) is 47.8 Å². The van der Waals surface area contributed by atoms with E-state index in [2.05, 4.69) is 14.7 Å². The molecule has 0 fully saturated rings. The summed E-state index contributed by atoms with van der Waals surface area (Å²) in [6.45, 7) is 0.245. The predicted molar refractivity (Wildman–Crippen MR) is 71.8 cm³/mol. The monoisotopic (exact) mass is 278 g/mol. The van der Waals surface area contributed by atoms with Gasteiger partial charge in [0.25, 0.3) is 10.0 Å². The van der Waals surface area contributed by atoms with Gasteiger partial charge in [-0.3, -0.25) is 4.98 Å². The molecule has 2 heterocycles. The summed E-state index contributed by atoms with van der Waals surface area (Å²) in [4.78, 5) is 7.90. The van der Waals surface area contributed by atoms with Crippen molar-refractivity contribution in [2.75, 3.05) is 12.3 Å². The van der Waals surface area contributed by atoms with E-state index >= 15 is 0 Å². The van der Waals surface area contributed by atoms with E-state index in [1.165, 1.54) is 12.3 Å². The molecule has 19 heavy (non-hydrogen) atoms. The minimum atomic E-state index is -3.67. The van der Waals surface area contributed by atoms with E-state index in [-0.39, 0.29) is 17.3 Å². The van der Waals surface area contributed by atoms with Crippen LogP contribution in [0.3, 0.4) is 0 Å². The molecule has 3 N–H and O–H groups in total. The summed E-state index contributed by atoms with van der Waals surface area (Å²) in [7, 11) is -3.67. The van der Waals surface area contributed by atoms with Gasteiger partial charge in [0, 0.05) is 31.1 Å². The normalized spacial score (nSPS) is 11.4. The Labute approximate surface area is 111 Å². The lowest BCUT2D eigenvalue weighted by Crippen LogP contribution is -2.27. The highest BCUT2D eigenvalue weighted by molar-refractivity contribution is 7.89. The molecule has 0 aliphatic carbocycles. The Morgan fingerprint density at radius 3 is 2.58 bits per heavy atom. The molecule has 0 radical (unpaired) electrons. The maximum Gasteiger partial charge on any atom is 0.260 e. The van der Waals surface area contributed by atoms with Gasteiger partial charge in [0.05, 0.1) is 5.69 Å². The Kier molecular flexibility index (Phi) is 4.08. The summed E-state index contributed by atoms with van der Waals surface area (Å²) in [6.07, 6.45) is 3.57. The van der Waals surface area contributed by atoms with Crippen molar-refractivity contribution in [1.29, 1.82) is 0 Å². The number of nitrogens with two attached hydrogens (primary N) is 1. The van der Waals surface area contributed by atoms with E-state index < -0.39 is 10.0 Å². The van der Waals surface area contributed by atoms with Crippen LogP contribution in [0.2, 0.25) is 0 Å². The van der Waals surface area contributed by atoms with Crippen molar-refractivity contribution in [3.8, 4) is 0 Å². The fourth-order valence-corrected chi connectivity index (χ4v) is 2.64. The van der Waals surface area contributed by atoms with Crippen LogP contribution in [-0.4, -0.2) is 24.9 Å². The molecule has 0 amide bonds. The zero-order valence-electron chi connectivity index (χ0n) is 10.2. The molecule has 0 spiro atoms. The van der Waals surface area contributed by atoms with Gasteiger partial charge in [-0.25, -0.2) is 18.1 Å². The van der Waals surface area contributed by atoms with Crippen LogP contribution in [0.25, 0.3) is 0 Å². The lowest BCUT2D eigenvalue weighted by atomic mass is 10.3. The standard InChI is InChI=1S/C12H14N4O2S/c13-11-5-3-8-15-12(11)19(17,18)16-9-6-10-4-1-2-7-14-10/h1-5,7-8,16H,6,9,13H2. The van der Waals surface area contributed by atoms with Crippen molar-refractivity contribution in [3.05, 3.63) is 48.4 Å². The summed E-state index contributed by atoms with van der Waals surface area (Å²) < 4.78 is 26.4. The van der Waals surface area contributed by atoms with Crippen LogP contribution in [0, 0.1) is 0 Å². The lowest BCUT2D eigenvalue weighted by molar-refractivity contribution is 0.578. The molecule has 0 unspecified atom stereocenters. The van der Waals surface area contributed by atoms with E-state index in [0.717, 1.165) is 5.69 Å². The van der Waals surface area contributed by atoms with Gasteiger partial charge in [-0.2, -0.15) is 0 Å². The molecule has 2 rings (SSSR count). The van der Waals surface area contributed by atoms with Crippen LogP contribution >= 0.6 is 0 Å². The zero-order chi connectivity index (χ0) is 13.7. The van der Waals surface area contributed by atoms with Gasteiger partial charge in [-0.05, 0) is 24.3 Å². The first-order valence-electron chi connectivity index (χ1n) is 5.69. The molecule has 0 aliphatic rings. The molecule has 6 nitrogen and oxygen atoms in total. The molecular formula is C12H14N4O2S. The van der Waals surface area contributed by atoms with Crippen molar-refractivity contribution >= 4 is 15.7 Å². The third kappa shape index (κ3) is 3.49. The zero-order valence-corrected chi connectivity index (χ0v) is 11.0. The number of anilines is 1. The number of rotatable bonds is 5. The number of hydrogen-bond acceptors (Lipinski definition) is 5. The topological polar surface area (TPSA) is 98.0 Å². The van der Waals surface area contributed by atoms with Crippen LogP contribution in [0.1, 0.15) is 5.69 Å². The first-order valence-corrected chi connectivity index (χ1v) is 7.18. The number of nitrogens with zero attached hydrogens (tertiary/aromatic N) is 2. The summed E-state index contributed by atoms with van der Waals surface area (Å²) in [6, 6.07) is 8.59. The van der Waals surface area contributed by atoms with Crippen LogP contribution in [0.5, 0.6) is 0 Å². The second-order valence-electron chi connectivity index (χ2n) is 3.87. The minimum absolute atomic E-state index is 0.132. The third-order valence-corrected chi connectivity index (χ3v) is 3.89. The SMILES string of the molecule is Nc1cccnc1S(=O)(=O)NCCc1ccccn1. The minimum Gasteiger partial charge on any atom is -0.396 e. The van der Waals surface area contributed by atoms with Gasteiger partial charge in [-0.1, -0.05) is 6.07 Å². The molecule has 7 heteroatoms. The van der Waals surface area contributed by atoms with Crippen LogP contribution in [-0.2, 0) is 16.4 Å². The van der Waals surface area contributed by atoms with E-state index in [4.69, 9.17) is 5.73 Å². The van der Waals surface area contributed by atoms with E-state index in [1.54, 1.807) is 12.3 Å². The molecule has 0 aromatic carbocycles. The Morgan fingerprint density at radius 1 is 1.11 bits per heavy atom. The molecule has 2 aromatic heterocycles. The second-order valence-corrected chi connectivity index (χ2v) is 5.55. The van der Waals surface area contributed by atoms with Crippen LogP contribution in [0.4, 0.5) is 5.69 Å². The maximum atomic E-state index is 12.0. The van der Waals surface area contributed by atoms with E-state index in [1.807, 2.05) is 18.2 Å². The van der Waals surface area contributed by atoms with E-state index in [9.17, 15) is 8.42 Å². The predicted octanol–water partition coefficient (Wildman–Crippen LogP) is 0.580. The summed E-state index contributed by atoms with van der Waals surface area (Å²) >= 11 is 0. The van der Waals surface area contributed by atoms with E-state index in [0.29, 0.717) is 6.42 Å². The summed E-state index contributed by atoms with van der Waals surface area (Å²) in [5.74, 6) is 0. The fraction of sp³-hybridized carbons (Fsp3) is 0.167. The molecule has 0 atom stereocenters. The third-order valence-electron chi connectivity index (χ3n) is 2.45. The van der Waals surface area contributed by atoms with Crippen LogP contribution < -0.4 is 10.5 Å². The van der Waals surface area contributed by atoms with Gasteiger partial charge < -0.3 is 5.73 Å². The van der Waals surface area contributed by atoms with Gasteiger partial charge >= 0.3 is 0 Å². The largest absolute Gasteiger partial charge is 0.396 e. The quantitative estimate of drug-likeness (QED) is 0.833. The average Bonchev–Trinajstić information content (AvgIpc) is 2.40. The highest BCUT2D eigenvalue weighted by Gasteiger charge is 2.17. The number of pyridine rings is 2. The Hall–Kier alpha value is -1.99. The first kappa shape index (κ1) is 13.4. The summed E-state index contributed by atoms with van der Waals surface area (Å²) in [5, 5.41) is -0.143. The highest BCUT2D eigenvalue weighted by Crippen LogP contribution is 2.13. The highest BCUT2D eigenvalue weighted by atomic mass is 32.2. The number of sulfonamides is 1. The van der Waals surface area contributed by atoms with Crippen molar-refractivity contribution in [3.63, 3.8) is 0 Å². The number of aromatic nitrogens is 2. The average molecular weight is 278 g/mol. The smallest absolute Gasteiger partial charge is 0.260 e. The van der Waals surface area contributed by atoms with Crippen molar-refractivity contribution in [1.82, 2.24) is 14.7 Å². The van der Waals surface area contributed by atoms with Crippen molar-refractivity contribution < 1.29 is 8.42 Å². The van der Waals surface area contributed by atoms with Gasteiger partial charge in [0.1, 0.15) is 0 Å². The number of hydrogen-bond donors (Lipinski definition) is 2. The first-order chi connectivity index (χ1) is 9.09. The Balaban J connectivity index is 2.01. The van der Waals surface area contributed by atoms with Gasteiger partial charge in [0.15, 0.2) is 5.03 Å². The molecule has 100 valence electrons. The van der Waals surface area contributed by atoms with Gasteiger partial charge in [-0.15, -0.1) is 0 Å². The molecule has 0 saturated heterocycles. The Morgan fingerprint density at radius 2 is 1.89 bits per heavy atom. The summed E-state index contributed by atoms with van der Waals surface area (Å²) in [5.41, 5.74) is 6.55. The molecule has 2 aromatic rings. The second kappa shape index (κ2) is 5.77. The molecule has 0 aliphatic heterocycles. The maximum absolute atomic E-state index is 12.0. The van der Waals surface area contributed by atoms with Crippen molar-refractivity contribution in [2.24, 2.45) is 0 Å². The van der Waals surface area contributed by atoms with Gasteiger partial charge in [0.2, 0.25) is 0 Å². The lowest BCUT2D eigenvalue weighted by Gasteiger charge is -2.07. The number of nitrogen functional groups attached to an aromatic ring is 1. The number of nitrogens with one attached hydrogen (secondary N) is 1. The molecule has 0 bridgehead atoms. The Bertz CT molecular complexity index is 644. The molecule has 0 saturated carbocycles. The molecular weight excluding hydrogens is 264 g/mol.